The van der Waals surface area contributed by atoms with E-state index < -0.39 is 0 Å². The molecule has 1 rings (SSSR count). The van der Waals surface area contributed by atoms with Crippen LogP contribution in [0.3, 0.4) is 0 Å². The quantitative estimate of drug-likeness (QED) is 0.649. The Hall–Kier alpha value is -0.720. The molecule has 1 heterocycles. The maximum atomic E-state index is 3.74. The van der Waals surface area contributed by atoms with Crippen molar-refractivity contribution in [2.45, 2.75) is 85.5 Å². The second-order valence-electron chi connectivity index (χ2n) is 8.62. The van der Waals surface area contributed by atoms with Crippen molar-refractivity contribution in [3.63, 3.8) is 0 Å². The summed E-state index contributed by atoms with van der Waals surface area (Å²) in [5.41, 5.74) is 6.26. The highest BCUT2D eigenvalue weighted by Crippen LogP contribution is 2.40. The van der Waals surface area contributed by atoms with E-state index in [1.54, 1.807) is 0 Å². The number of aromatic nitrogens is 1. The highest BCUT2D eigenvalue weighted by atomic mass is 14.8. The second-order valence-corrected chi connectivity index (χ2v) is 8.62. The van der Waals surface area contributed by atoms with Crippen LogP contribution in [0.15, 0.2) is 0 Å². The molecule has 0 aliphatic rings. The lowest BCUT2D eigenvalue weighted by atomic mass is 9.77. The van der Waals surface area contributed by atoms with Crippen LogP contribution in [0.1, 0.15) is 84.8 Å². The molecule has 0 aromatic carbocycles. The molecule has 1 heteroatoms. The standard InChI is InChI=1S/C17H31N/c1-11-12(15(2,3)4)14(17(8,9)10)18-13(11)16(5,6)7/h18H,1-10H3. The van der Waals surface area contributed by atoms with Gasteiger partial charge in [-0.15, -0.1) is 0 Å². The number of nitrogens with one attached hydrogen (secondary N) is 1. The van der Waals surface area contributed by atoms with Crippen molar-refractivity contribution in [1.82, 2.24) is 4.98 Å². The van der Waals surface area contributed by atoms with Gasteiger partial charge in [0.1, 0.15) is 0 Å². The lowest BCUT2D eigenvalue weighted by Crippen LogP contribution is -2.21. The molecule has 1 N–H and O–H groups in total. The Morgan fingerprint density at radius 1 is 0.611 bits per heavy atom. The molecule has 1 aromatic rings. The Morgan fingerprint density at radius 3 is 1.22 bits per heavy atom. The van der Waals surface area contributed by atoms with Crippen molar-refractivity contribution in [2.24, 2.45) is 0 Å². The predicted molar refractivity (Wildman–Crippen MR) is 81.6 cm³/mol. The van der Waals surface area contributed by atoms with Gasteiger partial charge in [0.05, 0.1) is 0 Å². The molecule has 0 saturated heterocycles. The average molecular weight is 249 g/mol. The number of aromatic amines is 1. The summed E-state index contributed by atoms with van der Waals surface area (Å²) in [5.74, 6) is 0. The molecule has 0 unspecified atom stereocenters. The molecule has 0 spiro atoms. The van der Waals surface area contributed by atoms with Crippen molar-refractivity contribution in [1.29, 1.82) is 0 Å². The zero-order valence-electron chi connectivity index (χ0n) is 14.0. The number of hydrogen-bond donors (Lipinski definition) is 1. The highest BCUT2D eigenvalue weighted by molar-refractivity contribution is 5.45. The summed E-state index contributed by atoms with van der Waals surface area (Å²) < 4.78 is 0. The van der Waals surface area contributed by atoms with Crippen LogP contribution in [-0.2, 0) is 16.2 Å². The minimum Gasteiger partial charge on any atom is -0.361 e. The van der Waals surface area contributed by atoms with Crippen molar-refractivity contribution in [3.05, 3.63) is 22.5 Å². The Balaban J connectivity index is 3.63. The third kappa shape index (κ3) is 2.81. The minimum atomic E-state index is 0.164. The molecule has 1 aromatic heterocycles. The van der Waals surface area contributed by atoms with Gasteiger partial charge >= 0.3 is 0 Å². The van der Waals surface area contributed by atoms with E-state index in [9.17, 15) is 0 Å². The van der Waals surface area contributed by atoms with E-state index in [2.05, 4.69) is 74.2 Å². The first kappa shape index (κ1) is 15.3. The van der Waals surface area contributed by atoms with E-state index in [1.807, 2.05) is 0 Å². The predicted octanol–water partition coefficient (Wildman–Crippen LogP) is 5.22. The summed E-state index contributed by atoms with van der Waals surface area (Å²) in [4.78, 5) is 3.74. The minimum absolute atomic E-state index is 0.164. The lowest BCUT2D eigenvalue weighted by Gasteiger charge is -2.27. The molecular weight excluding hydrogens is 218 g/mol. The van der Waals surface area contributed by atoms with Crippen LogP contribution in [0.5, 0.6) is 0 Å². The summed E-state index contributed by atoms with van der Waals surface area (Å²) in [6.07, 6.45) is 0. The molecule has 0 bridgehead atoms. The molecule has 0 fully saturated rings. The van der Waals surface area contributed by atoms with E-state index in [0.29, 0.717) is 0 Å². The molecule has 18 heavy (non-hydrogen) atoms. The fourth-order valence-electron chi connectivity index (χ4n) is 2.84. The number of rotatable bonds is 0. The number of H-pyrrole nitrogens is 1. The first-order valence-electron chi connectivity index (χ1n) is 7.00. The topological polar surface area (TPSA) is 15.8 Å². The molecular formula is C17H31N. The Labute approximate surface area is 113 Å². The zero-order valence-corrected chi connectivity index (χ0v) is 14.0. The van der Waals surface area contributed by atoms with Crippen LogP contribution >= 0.6 is 0 Å². The average Bonchev–Trinajstić information content (AvgIpc) is 2.39. The van der Waals surface area contributed by atoms with Crippen LogP contribution in [0.25, 0.3) is 0 Å². The van der Waals surface area contributed by atoms with E-state index in [1.165, 1.54) is 22.5 Å². The molecule has 0 radical (unpaired) electrons. The van der Waals surface area contributed by atoms with E-state index in [4.69, 9.17) is 0 Å². The first-order chi connectivity index (χ1) is 7.76. The molecule has 1 nitrogen and oxygen atoms in total. The SMILES string of the molecule is Cc1c(C(C)(C)C)[nH]c(C(C)(C)C)c1C(C)(C)C. The maximum Gasteiger partial charge on any atom is 0.0244 e. The van der Waals surface area contributed by atoms with Gasteiger partial charge in [-0.05, 0) is 23.5 Å². The zero-order chi connectivity index (χ0) is 14.5. The molecule has 0 saturated carbocycles. The summed E-state index contributed by atoms with van der Waals surface area (Å²) >= 11 is 0. The molecule has 0 aliphatic heterocycles. The van der Waals surface area contributed by atoms with Gasteiger partial charge in [-0.3, -0.25) is 0 Å². The molecule has 0 amide bonds. The van der Waals surface area contributed by atoms with Crippen molar-refractivity contribution in [2.75, 3.05) is 0 Å². The van der Waals surface area contributed by atoms with E-state index in [-0.39, 0.29) is 16.2 Å². The van der Waals surface area contributed by atoms with Crippen LogP contribution in [0.4, 0.5) is 0 Å². The smallest absolute Gasteiger partial charge is 0.0244 e. The summed E-state index contributed by atoms with van der Waals surface area (Å²) in [6.45, 7) is 22.9. The normalized spacial score (nSPS) is 14.1. The fraction of sp³-hybridized carbons (Fsp3) is 0.765. The molecule has 0 atom stereocenters. The Kier molecular flexibility index (Phi) is 3.53. The second kappa shape index (κ2) is 4.15. The molecule has 0 aliphatic carbocycles. The highest BCUT2D eigenvalue weighted by Gasteiger charge is 2.33. The lowest BCUT2D eigenvalue weighted by molar-refractivity contribution is 0.516. The third-order valence-electron chi connectivity index (χ3n) is 3.50. The van der Waals surface area contributed by atoms with Gasteiger partial charge in [0, 0.05) is 22.2 Å². The largest absolute Gasteiger partial charge is 0.361 e. The van der Waals surface area contributed by atoms with Crippen LogP contribution in [0, 0.1) is 6.92 Å². The van der Waals surface area contributed by atoms with Crippen molar-refractivity contribution >= 4 is 0 Å². The van der Waals surface area contributed by atoms with E-state index in [0.717, 1.165) is 0 Å². The molecule has 104 valence electrons. The Morgan fingerprint density at radius 2 is 1.00 bits per heavy atom. The Bertz CT molecular complexity index is 428. The van der Waals surface area contributed by atoms with Crippen LogP contribution < -0.4 is 0 Å². The van der Waals surface area contributed by atoms with Gasteiger partial charge < -0.3 is 4.98 Å². The maximum absolute atomic E-state index is 3.74. The summed E-state index contributed by atoms with van der Waals surface area (Å²) in [5, 5.41) is 0. The number of hydrogen-bond acceptors (Lipinski definition) is 0. The van der Waals surface area contributed by atoms with Gasteiger partial charge in [0.25, 0.3) is 0 Å². The first-order valence-corrected chi connectivity index (χ1v) is 7.00. The van der Waals surface area contributed by atoms with Gasteiger partial charge in [0.15, 0.2) is 0 Å². The van der Waals surface area contributed by atoms with Crippen LogP contribution in [-0.4, -0.2) is 4.98 Å². The van der Waals surface area contributed by atoms with Gasteiger partial charge in [-0.25, -0.2) is 0 Å². The summed E-state index contributed by atoms with van der Waals surface area (Å²) in [6, 6.07) is 0. The third-order valence-corrected chi connectivity index (χ3v) is 3.50. The van der Waals surface area contributed by atoms with E-state index >= 15 is 0 Å². The van der Waals surface area contributed by atoms with Crippen molar-refractivity contribution in [3.8, 4) is 0 Å². The monoisotopic (exact) mass is 249 g/mol. The van der Waals surface area contributed by atoms with Crippen molar-refractivity contribution < 1.29 is 0 Å². The fourth-order valence-corrected chi connectivity index (χ4v) is 2.84. The van der Waals surface area contributed by atoms with Gasteiger partial charge in [-0.1, -0.05) is 62.3 Å². The van der Waals surface area contributed by atoms with Gasteiger partial charge in [0.2, 0.25) is 0 Å². The van der Waals surface area contributed by atoms with Gasteiger partial charge in [-0.2, -0.15) is 0 Å². The summed E-state index contributed by atoms with van der Waals surface area (Å²) in [7, 11) is 0. The van der Waals surface area contributed by atoms with Crippen LogP contribution in [0.2, 0.25) is 0 Å².